The minimum absolute atomic E-state index is 0.477. The Morgan fingerprint density at radius 1 is 1.00 bits per heavy atom. The second-order valence-corrected chi connectivity index (χ2v) is 8.71. The van der Waals surface area contributed by atoms with Crippen LogP contribution in [0.25, 0.3) is 5.69 Å². The van der Waals surface area contributed by atoms with Crippen LogP contribution in [-0.4, -0.2) is 14.8 Å². The van der Waals surface area contributed by atoms with Gasteiger partial charge in [-0.2, -0.15) is 5.10 Å². The third kappa shape index (κ3) is 4.16. The zero-order chi connectivity index (χ0) is 22.1. The molecule has 1 aliphatic rings. The van der Waals surface area contributed by atoms with Crippen molar-refractivity contribution < 1.29 is 4.74 Å². The molecule has 4 aromatic rings. The Kier molecular flexibility index (Phi) is 5.96. The van der Waals surface area contributed by atoms with Crippen molar-refractivity contribution in [2.75, 3.05) is 5.32 Å². The van der Waals surface area contributed by atoms with E-state index >= 15 is 0 Å². The molecule has 0 bridgehead atoms. The van der Waals surface area contributed by atoms with E-state index in [-0.39, 0.29) is 0 Å². The van der Waals surface area contributed by atoms with Gasteiger partial charge in [0, 0.05) is 28.9 Å². The van der Waals surface area contributed by atoms with Crippen LogP contribution in [0.3, 0.4) is 0 Å². The Hall–Kier alpha value is -2.73. The number of benzene rings is 2. The third-order valence-electron chi connectivity index (χ3n) is 5.37. The minimum atomic E-state index is 0.477. The number of rotatable bonds is 6. The summed E-state index contributed by atoms with van der Waals surface area (Å²) in [6, 6.07) is 16.7. The summed E-state index contributed by atoms with van der Waals surface area (Å²) < 4.78 is 7.86. The second kappa shape index (κ2) is 9.02. The van der Waals surface area contributed by atoms with Crippen LogP contribution in [-0.2, 0) is 19.4 Å². The Morgan fingerprint density at radius 2 is 1.88 bits per heavy atom. The molecule has 5 nitrogen and oxygen atoms in total. The molecule has 0 saturated heterocycles. The van der Waals surface area contributed by atoms with E-state index in [0.29, 0.717) is 33.2 Å². The fraction of sp³-hybridized carbons (Fsp3) is 0.167. The molecule has 32 heavy (non-hydrogen) atoms. The highest BCUT2D eigenvalue weighted by atomic mass is 35.5. The summed E-state index contributed by atoms with van der Waals surface area (Å²) in [4.78, 5) is 4.42. The number of ether oxygens (including phenoxy) is 1. The molecule has 2 aromatic heterocycles. The van der Waals surface area contributed by atoms with Gasteiger partial charge in [-0.25, -0.2) is 9.67 Å². The minimum Gasteiger partial charge on any atom is -0.439 e. The number of hydrogen-bond donors (Lipinski definition) is 1. The van der Waals surface area contributed by atoms with E-state index in [0.717, 1.165) is 42.0 Å². The molecular weight excluding hydrogens is 467 g/mol. The van der Waals surface area contributed by atoms with Crippen LogP contribution in [0.2, 0.25) is 15.1 Å². The Balaban J connectivity index is 1.46. The predicted molar refractivity (Wildman–Crippen MR) is 129 cm³/mol. The fourth-order valence-electron chi connectivity index (χ4n) is 3.88. The number of aryl methyl sites for hydroxylation is 1. The first kappa shape index (κ1) is 21.1. The Morgan fingerprint density at radius 3 is 2.75 bits per heavy atom. The van der Waals surface area contributed by atoms with Gasteiger partial charge in [0.05, 0.1) is 21.4 Å². The second-order valence-electron chi connectivity index (χ2n) is 7.49. The van der Waals surface area contributed by atoms with Crippen LogP contribution >= 0.6 is 34.8 Å². The number of pyridine rings is 1. The van der Waals surface area contributed by atoms with E-state index in [9.17, 15) is 0 Å². The van der Waals surface area contributed by atoms with Gasteiger partial charge in [0.2, 0.25) is 5.88 Å². The molecule has 0 amide bonds. The van der Waals surface area contributed by atoms with Crippen molar-refractivity contribution in [3.63, 3.8) is 0 Å². The van der Waals surface area contributed by atoms with Crippen molar-refractivity contribution in [1.82, 2.24) is 14.8 Å². The third-order valence-corrected chi connectivity index (χ3v) is 6.42. The molecule has 0 atom stereocenters. The first-order valence-corrected chi connectivity index (χ1v) is 11.4. The van der Waals surface area contributed by atoms with Crippen molar-refractivity contribution in [3.8, 4) is 17.3 Å². The van der Waals surface area contributed by atoms with Crippen molar-refractivity contribution in [2.45, 2.75) is 25.8 Å². The van der Waals surface area contributed by atoms with Gasteiger partial charge in [0.25, 0.3) is 0 Å². The lowest BCUT2D eigenvalue weighted by Gasteiger charge is -2.15. The molecular formula is C24H19Cl3N4O. The number of nitrogens with zero attached hydrogens (tertiary/aromatic N) is 3. The first-order chi connectivity index (χ1) is 15.6. The van der Waals surface area contributed by atoms with Crippen LogP contribution in [0.15, 0.2) is 60.8 Å². The summed E-state index contributed by atoms with van der Waals surface area (Å²) in [7, 11) is 0. The number of hydrogen-bond acceptors (Lipinski definition) is 4. The summed E-state index contributed by atoms with van der Waals surface area (Å²) in [5, 5.41) is 9.95. The van der Waals surface area contributed by atoms with Crippen LogP contribution in [0, 0.1) is 0 Å². The molecule has 2 heterocycles. The summed E-state index contributed by atoms with van der Waals surface area (Å²) >= 11 is 18.9. The zero-order valence-corrected chi connectivity index (χ0v) is 19.3. The number of aromatic nitrogens is 3. The molecule has 0 saturated carbocycles. The van der Waals surface area contributed by atoms with Gasteiger partial charge in [-0.3, -0.25) is 0 Å². The van der Waals surface area contributed by atoms with Crippen molar-refractivity contribution in [1.29, 1.82) is 0 Å². The number of halogens is 3. The average Bonchev–Trinajstić information content (AvgIpc) is 3.37. The lowest BCUT2D eigenvalue weighted by molar-refractivity contribution is 0.457. The lowest BCUT2D eigenvalue weighted by Crippen LogP contribution is -2.10. The van der Waals surface area contributed by atoms with Crippen molar-refractivity contribution in [2.24, 2.45) is 0 Å². The van der Waals surface area contributed by atoms with Crippen LogP contribution in [0.4, 0.5) is 5.82 Å². The predicted octanol–water partition coefficient (Wildman–Crippen LogP) is 7.12. The van der Waals surface area contributed by atoms with Gasteiger partial charge in [-0.05, 0) is 55.7 Å². The van der Waals surface area contributed by atoms with Gasteiger partial charge in [0.1, 0.15) is 11.6 Å². The first-order valence-electron chi connectivity index (χ1n) is 10.3. The summed E-state index contributed by atoms with van der Waals surface area (Å²) in [5.41, 5.74) is 3.95. The standard InChI is InChI=1S/C24H19Cl3N4O/c25-16-6-1-7-17(13-16)32-24-15(5-4-12-28-24)14-29-23-18-8-2-10-20(18)30-31(23)21-11-3-9-19(26)22(21)27/h1,3-7,9,11-13,29H,2,8,10,14H2. The average molecular weight is 486 g/mol. The van der Waals surface area contributed by atoms with Gasteiger partial charge in [-0.1, -0.05) is 53.0 Å². The maximum atomic E-state index is 6.51. The SMILES string of the molecule is Clc1cccc(Oc2ncccc2CNc2c3c(nn2-c2cccc(Cl)c2Cl)CCC3)c1. The van der Waals surface area contributed by atoms with Crippen molar-refractivity contribution in [3.05, 3.63) is 92.7 Å². The van der Waals surface area contributed by atoms with Crippen LogP contribution in [0.5, 0.6) is 11.6 Å². The molecule has 1 aliphatic carbocycles. The Labute approximate surface area is 200 Å². The maximum absolute atomic E-state index is 6.51. The quantitative estimate of drug-likeness (QED) is 0.316. The topological polar surface area (TPSA) is 52.0 Å². The summed E-state index contributed by atoms with van der Waals surface area (Å²) in [6.45, 7) is 0.500. The number of fused-ring (bicyclic) bond motifs is 1. The lowest BCUT2D eigenvalue weighted by atomic mass is 10.2. The highest BCUT2D eigenvalue weighted by molar-refractivity contribution is 6.43. The highest BCUT2D eigenvalue weighted by Crippen LogP contribution is 2.36. The zero-order valence-electron chi connectivity index (χ0n) is 17.0. The smallest absolute Gasteiger partial charge is 0.224 e. The monoisotopic (exact) mass is 484 g/mol. The molecule has 0 spiro atoms. The largest absolute Gasteiger partial charge is 0.439 e. The maximum Gasteiger partial charge on any atom is 0.224 e. The Bertz CT molecular complexity index is 1290. The van der Waals surface area contributed by atoms with E-state index in [1.54, 1.807) is 24.4 Å². The number of nitrogens with one attached hydrogen (secondary N) is 1. The molecule has 5 rings (SSSR count). The van der Waals surface area contributed by atoms with Gasteiger partial charge >= 0.3 is 0 Å². The molecule has 2 aromatic carbocycles. The van der Waals surface area contributed by atoms with Gasteiger partial charge in [-0.15, -0.1) is 0 Å². The van der Waals surface area contributed by atoms with E-state index in [4.69, 9.17) is 44.6 Å². The molecule has 0 aliphatic heterocycles. The van der Waals surface area contributed by atoms with E-state index in [2.05, 4.69) is 10.3 Å². The molecule has 0 fully saturated rings. The van der Waals surface area contributed by atoms with Gasteiger partial charge < -0.3 is 10.1 Å². The van der Waals surface area contributed by atoms with Crippen molar-refractivity contribution >= 4 is 40.6 Å². The summed E-state index contributed by atoms with van der Waals surface area (Å²) in [5.74, 6) is 2.07. The molecule has 1 N–H and O–H groups in total. The highest BCUT2D eigenvalue weighted by Gasteiger charge is 2.24. The van der Waals surface area contributed by atoms with E-state index in [1.807, 2.05) is 41.1 Å². The molecule has 0 radical (unpaired) electrons. The molecule has 162 valence electrons. The number of anilines is 1. The molecule has 0 unspecified atom stereocenters. The fourth-order valence-corrected chi connectivity index (χ4v) is 4.43. The van der Waals surface area contributed by atoms with Crippen LogP contribution < -0.4 is 10.1 Å². The normalized spacial score (nSPS) is 12.6. The van der Waals surface area contributed by atoms with E-state index < -0.39 is 0 Å². The van der Waals surface area contributed by atoms with Gasteiger partial charge in [0.15, 0.2) is 0 Å². The van der Waals surface area contributed by atoms with Crippen LogP contribution in [0.1, 0.15) is 23.2 Å². The summed E-state index contributed by atoms with van der Waals surface area (Å²) in [6.07, 6.45) is 4.71. The molecule has 8 heteroatoms. The van der Waals surface area contributed by atoms with E-state index in [1.165, 1.54) is 5.56 Å².